The average Bonchev–Trinajstić information content (AvgIpc) is 2.60. The van der Waals surface area contributed by atoms with Gasteiger partial charge in [-0.3, -0.25) is 0 Å². The highest BCUT2D eigenvalue weighted by Gasteiger charge is 2.40. The molecule has 5 heteroatoms. The van der Waals surface area contributed by atoms with Crippen LogP contribution in [0.4, 0.5) is 0 Å². The van der Waals surface area contributed by atoms with Crippen LogP contribution >= 0.6 is 11.8 Å². The van der Waals surface area contributed by atoms with Crippen molar-refractivity contribution in [3.05, 3.63) is 30.3 Å². The Hall–Kier alpha value is -0.590. The zero-order valence-electron chi connectivity index (χ0n) is 14.8. The van der Waals surface area contributed by atoms with Gasteiger partial charge in [-0.25, -0.2) is 0 Å². The fraction of sp³-hybridized carbons (Fsp3) is 0.684. The molecule has 2 atom stereocenters. The molecule has 0 bridgehead atoms. The van der Waals surface area contributed by atoms with Crippen molar-refractivity contribution in [3.8, 4) is 0 Å². The number of benzene rings is 1. The molecule has 1 N–H and O–H groups in total. The monoisotopic (exact) mass is 354 g/mol. The molecular weight excluding hydrogens is 324 g/mol. The third kappa shape index (κ3) is 6.05. The molecule has 0 aromatic heterocycles. The van der Waals surface area contributed by atoms with Crippen LogP contribution in [0.2, 0.25) is 0 Å². The van der Waals surface area contributed by atoms with Gasteiger partial charge >= 0.3 is 0 Å². The third-order valence-electron chi connectivity index (χ3n) is 4.39. The second-order valence-corrected chi connectivity index (χ2v) is 7.63. The molecule has 2 rings (SSSR count). The van der Waals surface area contributed by atoms with Crippen LogP contribution in [0, 0.1) is 0 Å². The lowest BCUT2D eigenvalue weighted by Crippen LogP contribution is -2.44. The van der Waals surface area contributed by atoms with Gasteiger partial charge in [0.05, 0.1) is 10.9 Å². The number of thioether (sulfide) groups is 1. The van der Waals surface area contributed by atoms with Gasteiger partial charge in [0.2, 0.25) is 0 Å². The van der Waals surface area contributed by atoms with Crippen molar-refractivity contribution in [1.29, 1.82) is 0 Å². The number of hydrogen-bond acceptors (Lipinski definition) is 5. The molecule has 2 unspecified atom stereocenters. The van der Waals surface area contributed by atoms with Gasteiger partial charge in [-0.05, 0) is 51.7 Å². The van der Waals surface area contributed by atoms with Crippen molar-refractivity contribution in [3.63, 3.8) is 0 Å². The van der Waals surface area contributed by atoms with Crippen LogP contribution in [0.5, 0.6) is 0 Å². The molecule has 1 aliphatic rings. The maximum absolute atomic E-state index is 10.9. The van der Waals surface area contributed by atoms with Gasteiger partial charge < -0.3 is 19.3 Å². The summed E-state index contributed by atoms with van der Waals surface area (Å²) in [5.41, 5.74) is 0. The zero-order valence-corrected chi connectivity index (χ0v) is 15.6. The largest absolute Gasteiger partial charge is 0.392 e. The SMILES string of the molecule is CCOC(C)OCCCC(O)C1(Sc2ccccc2)CCOCC1. The summed E-state index contributed by atoms with van der Waals surface area (Å²) in [6, 6.07) is 10.3. The number of ether oxygens (including phenoxy) is 3. The number of aliphatic hydroxyl groups is 1. The van der Waals surface area contributed by atoms with E-state index in [1.807, 2.05) is 32.0 Å². The van der Waals surface area contributed by atoms with E-state index >= 15 is 0 Å². The maximum Gasteiger partial charge on any atom is 0.154 e. The van der Waals surface area contributed by atoms with Gasteiger partial charge in [0, 0.05) is 31.3 Å². The Kier molecular flexibility index (Phi) is 8.56. The van der Waals surface area contributed by atoms with E-state index in [-0.39, 0.29) is 17.1 Å². The van der Waals surface area contributed by atoms with Crippen molar-refractivity contribution in [2.75, 3.05) is 26.4 Å². The molecule has 1 heterocycles. The van der Waals surface area contributed by atoms with Crippen LogP contribution in [-0.2, 0) is 14.2 Å². The molecule has 0 amide bonds. The van der Waals surface area contributed by atoms with Crippen LogP contribution in [0.1, 0.15) is 39.5 Å². The van der Waals surface area contributed by atoms with E-state index in [4.69, 9.17) is 14.2 Å². The summed E-state index contributed by atoms with van der Waals surface area (Å²) in [5.74, 6) is 0. The topological polar surface area (TPSA) is 47.9 Å². The van der Waals surface area contributed by atoms with Crippen molar-refractivity contribution in [2.24, 2.45) is 0 Å². The molecule has 24 heavy (non-hydrogen) atoms. The van der Waals surface area contributed by atoms with Crippen molar-refractivity contribution < 1.29 is 19.3 Å². The highest BCUT2D eigenvalue weighted by molar-refractivity contribution is 8.00. The lowest BCUT2D eigenvalue weighted by Gasteiger charge is -2.40. The number of aliphatic hydroxyl groups excluding tert-OH is 1. The highest BCUT2D eigenvalue weighted by Crippen LogP contribution is 2.44. The van der Waals surface area contributed by atoms with E-state index in [1.54, 1.807) is 11.8 Å². The zero-order chi connectivity index (χ0) is 17.3. The van der Waals surface area contributed by atoms with Crippen LogP contribution < -0.4 is 0 Å². The minimum atomic E-state index is -0.363. The predicted molar refractivity (Wildman–Crippen MR) is 97.4 cm³/mol. The standard InChI is InChI=1S/C19H30O4S/c1-3-22-16(2)23-13-7-10-18(20)19(11-14-21-15-12-19)24-17-8-5-4-6-9-17/h4-6,8-9,16,18,20H,3,7,10-15H2,1-2H3. The first-order valence-corrected chi connectivity index (χ1v) is 9.71. The molecule has 1 aromatic carbocycles. The fourth-order valence-electron chi connectivity index (χ4n) is 3.02. The van der Waals surface area contributed by atoms with Gasteiger partial charge in [-0.15, -0.1) is 11.8 Å². The summed E-state index contributed by atoms with van der Waals surface area (Å²) in [7, 11) is 0. The van der Waals surface area contributed by atoms with Gasteiger partial charge in [0.1, 0.15) is 0 Å². The van der Waals surface area contributed by atoms with E-state index in [1.165, 1.54) is 4.90 Å². The molecule has 1 aromatic rings. The molecule has 0 saturated carbocycles. The van der Waals surface area contributed by atoms with Gasteiger partial charge in [-0.2, -0.15) is 0 Å². The minimum absolute atomic E-state index is 0.162. The van der Waals surface area contributed by atoms with E-state index in [2.05, 4.69) is 12.1 Å². The third-order valence-corrected chi connectivity index (χ3v) is 5.98. The Labute approximate surface area is 149 Å². The predicted octanol–water partition coefficient (Wildman–Crippen LogP) is 3.87. The molecule has 0 spiro atoms. The van der Waals surface area contributed by atoms with Crippen molar-refractivity contribution in [2.45, 2.75) is 61.6 Å². The van der Waals surface area contributed by atoms with E-state index in [9.17, 15) is 5.11 Å². The molecular formula is C19H30O4S. The van der Waals surface area contributed by atoms with Gasteiger partial charge in [0.15, 0.2) is 6.29 Å². The lowest BCUT2D eigenvalue weighted by atomic mass is 9.90. The average molecular weight is 355 g/mol. The first-order valence-electron chi connectivity index (χ1n) is 8.89. The Morgan fingerprint density at radius 3 is 2.58 bits per heavy atom. The fourth-order valence-corrected chi connectivity index (χ4v) is 4.40. The summed E-state index contributed by atoms with van der Waals surface area (Å²) >= 11 is 1.80. The first-order chi connectivity index (χ1) is 11.7. The summed E-state index contributed by atoms with van der Waals surface area (Å²) in [5, 5.41) is 10.9. The minimum Gasteiger partial charge on any atom is -0.392 e. The highest BCUT2D eigenvalue weighted by atomic mass is 32.2. The first kappa shape index (κ1) is 19.7. The number of hydrogen-bond donors (Lipinski definition) is 1. The summed E-state index contributed by atoms with van der Waals surface area (Å²) in [6.45, 7) is 6.56. The van der Waals surface area contributed by atoms with Crippen LogP contribution in [0.25, 0.3) is 0 Å². The van der Waals surface area contributed by atoms with Gasteiger partial charge in [-0.1, -0.05) is 18.2 Å². The molecule has 0 aliphatic carbocycles. The smallest absolute Gasteiger partial charge is 0.154 e. The Bertz CT molecular complexity index is 448. The van der Waals surface area contributed by atoms with Gasteiger partial charge in [0.25, 0.3) is 0 Å². The Morgan fingerprint density at radius 2 is 1.92 bits per heavy atom. The van der Waals surface area contributed by atoms with Crippen LogP contribution in [-0.4, -0.2) is 48.7 Å². The molecule has 1 aliphatic heterocycles. The van der Waals surface area contributed by atoms with Crippen molar-refractivity contribution >= 4 is 11.8 Å². The summed E-state index contributed by atoms with van der Waals surface area (Å²) in [6.07, 6.45) is 2.78. The second-order valence-electron chi connectivity index (χ2n) is 6.14. The molecule has 4 nitrogen and oxygen atoms in total. The van der Waals surface area contributed by atoms with E-state index in [0.29, 0.717) is 13.2 Å². The number of rotatable bonds is 10. The van der Waals surface area contributed by atoms with Crippen LogP contribution in [0.3, 0.4) is 0 Å². The van der Waals surface area contributed by atoms with E-state index in [0.717, 1.165) is 38.9 Å². The molecule has 136 valence electrons. The second kappa shape index (κ2) is 10.4. The Balaban J connectivity index is 1.87. The summed E-state index contributed by atoms with van der Waals surface area (Å²) in [4.78, 5) is 1.21. The van der Waals surface area contributed by atoms with E-state index < -0.39 is 0 Å². The molecule has 0 radical (unpaired) electrons. The summed E-state index contributed by atoms with van der Waals surface area (Å²) < 4.78 is 16.3. The maximum atomic E-state index is 10.9. The normalized spacial score (nSPS) is 19.8. The lowest BCUT2D eigenvalue weighted by molar-refractivity contribution is -0.128. The quantitative estimate of drug-likeness (QED) is 0.510. The van der Waals surface area contributed by atoms with Crippen LogP contribution in [0.15, 0.2) is 35.2 Å². The Morgan fingerprint density at radius 1 is 1.21 bits per heavy atom. The van der Waals surface area contributed by atoms with Crippen molar-refractivity contribution in [1.82, 2.24) is 0 Å². The molecule has 1 saturated heterocycles. The molecule has 1 fully saturated rings.